The van der Waals surface area contributed by atoms with Gasteiger partial charge in [0.25, 0.3) is 10.1 Å². The molecule has 7 nitrogen and oxygen atoms in total. The fraction of sp³-hybridized carbons (Fsp3) is 0.750. The van der Waals surface area contributed by atoms with Gasteiger partial charge in [0.15, 0.2) is 12.6 Å². The minimum atomic E-state index is -3.86. The highest BCUT2D eigenvalue weighted by atomic mass is 32.2. The molecule has 0 bridgehead atoms. The van der Waals surface area contributed by atoms with Gasteiger partial charge < -0.3 is 18.9 Å². The van der Waals surface area contributed by atoms with Crippen molar-refractivity contribution in [3.05, 3.63) is 29.8 Å². The normalized spacial score (nSPS) is 33.9. The lowest BCUT2D eigenvalue weighted by Gasteiger charge is -2.29. The second-order valence-corrected chi connectivity index (χ2v) is 10.8. The van der Waals surface area contributed by atoms with E-state index in [0.717, 1.165) is 45.1 Å². The maximum atomic E-state index is 12.9. The van der Waals surface area contributed by atoms with E-state index in [9.17, 15) is 8.42 Å². The van der Waals surface area contributed by atoms with Gasteiger partial charge in [0, 0.05) is 25.6 Å². The summed E-state index contributed by atoms with van der Waals surface area (Å²) in [7, 11) is -3.86. The van der Waals surface area contributed by atoms with Crippen molar-refractivity contribution in [2.75, 3.05) is 19.8 Å². The standard InChI is InChI=1S/C24H36O7S/c1-17-9-3-4-10-22(17)32(25,26)29-16-19-18(2)20(30-23-11-5-7-13-27-23)15-21(19)31-24-12-6-8-14-28-24/h3-4,9-10,18-21,23-24H,5-8,11-16H2,1-2H3. The van der Waals surface area contributed by atoms with E-state index in [-0.39, 0.29) is 48.1 Å². The lowest BCUT2D eigenvalue weighted by molar-refractivity contribution is -0.204. The largest absolute Gasteiger partial charge is 0.353 e. The minimum Gasteiger partial charge on any atom is -0.353 e. The first kappa shape index (κ1) is 24.1. The second kappa shape index (κ2) is 10.9. The summed E-state index contributed by atoms with van der Waals surface area (Å²) in [4.78, 5) is 0.210. The van der Waals surface area contributed by atoms with Gasteiger partial charge in [0.05, 0.1) is 23.7 Å². The van der Waals surface area contributed by atoms with E-state index in [2.05, 4.69) is 6.92 Å². The SMILES string of the molecule is Cc1ccccc1S(=O)(=O)OCC1C(OC2CCCCO2)CC(OC2CCCCO2)C1C. The van der Waals surface area contributed by atoms with Crippen LogP contribution < -0.4 is 0 Å². The first-order valence-electron chi connectivity index (χ1n) is 11.9. The van der Waals surface area contributed by atoms with E-state index < -0.39 is 10.1 Å². The molecule has 0 radical (unpaired) electrons. The Balaban J connectivity index is 1.44. The number of aryl methyl sites for hydroxylation is 1. The van der Waals surface area contributed by atoms with Gasteiger partial charge in [-0.2, -0.15) is 8.42 Å². The van der Waals surface area contributed by atoms with Crippen LogP contribution in [0.3, 0.4) is 0 Å². The predicted molar refractivity (Wildman–Crippen MR) is 119 cm³/mol. The summed E-state index contributed by atoms with van der Waals surface area (Å²) in [6.45, 7) is 5.34. The van der Waals surface area contributed by atoms with Gasteiger partial charge in [-0.1, -0.05) is 25.1 Å². The molecule has 0 N–H and O–H groups in total. The molecule has 4 rings (SSSR count). The molecule has 2 aliphatic heterocycles. The zero-order chi connectivity index (χ0) is 22.6. The smallest absolute Gasteiger partial charge is 0.297 e. The van der Waals surface area contributed by atoms with Crippen LogP contribution in [0.4, 0.5) is 0 Å². The molecule has 3 fully saturated rings. The highest BCUT2D eigenvalue weighted by Gasteiger charge is 2.45. The number of ether oxygens (including phenoxy) is 4. The molecule has 0 amide bonds. The molecule has 6 atom stereocenters. The van der Waals surface area contributed by atoms with Crippen molar-refractivity contribution >= 4 is 10.1 Å². The van der Waals surface area contributed by atoms with Crippen LogP contribution in [0.25, 0.3) is 0 Å². The third-order valence-electron chi connectivity index (χ3n) is 6.91. The summed E-state index contributed by atoms with van der Waals surface area (Å²) < 4.78 is 55.5. The molecule has 0 spiro atoms. The van der Waals surface area contributed by atoms with Crippen LogP contribution >= 0.6 is 0 Å². The molecule has 2 heterocycles. The van der Waals surface area contributed by atoms with Crippen LogP contribution in [0.15, 0.2) is 29.2 Å². The molecule has 1 aliphatic carbocycles. The van der Waals surface area contributed by atoms with Crippen LogP contribution in [0.1, 0.15) is 57.4 Å². The summed E-state index contributed by atoms with van der Waals surface area (Å²) in [6, 6.07) is 6.88. The predicted octanol–water partition coefficient (Wildman–Crippen LogP) is 4.18. The van der Waals surface area contributed by atoms with Gasteiger partial charge in [0.2, 0.25) is 0 Å². The summed E-state index contributed by atoms with van der Waals surface area (Å²) >= 11 is 0. The van der Waals surface area contributed by atoms with Gasteiger partial charge in [-0.15, -0.1) is 0 Å². The Morgan fingerprint density at radius 2 is 1.56 bits per heavy atom. The molecule has 8 heteroatoms. The Kier molecular flexibility index (Phi) is 8.23. The average molecular weight is 469 g/mol. The number of rotatable bonds is 8. The highest BCUT2D eigenvalue weighted by Crippen LogP contribution is 2.39. The summed E-state index contributed by atoms with van der Waals surface area (Å²) in [5.41, 5.74) is 0.672. The average Bonchev–Trinajstić information content (AvgIpc) is 3.08. The van der Waals surface area contributed by atoms with E-state index in [1.807, 2.05) is 6.07 Å². The van der Waals surface area contributed by atoms with E-state index in [4.69, 9.17) is 23.1 Å². The molecule has 1 saturated carbocycles. The van der Waals surface area contributed by atoms with Crippen molar-refractivity contribution in [1.29, 1.82) is 0 Å². The van der Waals surface area contributed by atoms with Gasteiger partial charge >= 0.3 is 0 Å². The maximum Gasteiger partial charge on any atom is 0.297 e. The molecule has 180 valence electrons. The van der Waals surface area contributed by atoms with E-state index >= 15 is 0 Å². The van der Waals surface area contributed by atoms with Crippen LogP contribution in [-0.4, -0.2) is 53.0 Å². The maximum absolute atomic E-state index is 12.9. The van der Waals surface area contributed by atoms with Crippen molar-refractivity contribution in [1.82, 2.24) is 0 Å². The Labute approximate surface area is 191 Å². The highest BCUT2D eigenvalue weighted by molar-refractivity contribution is 7.86. The number of benzene rings is 1. The summed E-state index contributed by atoms with van der Waals surface area (Å²) in [5, 5.41) is 0. The molecule has 32 heavy (non-hydrogen) atoms. The van der Waals surface area contributed by atoms with Gasteiger partial charge in [-0.3, -0.25) is 4.18 Å². The molecule has 2 saturated heterocycles. The van der Waals surface area contributed by atoms with Crippen LogP contribution in [-0.2, 0) is 33.2 Å². The summed E-state index contributed by atoms with van der Waals surface area (Å²) in [6.07, 6.45) is 6.02. The molecule has 6 unspecified atom stereocenters. The minimum absolute atomic E-state index is 0.0562. The van der Waals surface area contributed by atoms with Crippen molar-refractivity contribution in [3.63, 3.8) is 0 Å². The molecule has 1 aromatic carbocycles. The number of hydrogen-bond donors (Lipinski definition) is 0. The fourth-order valence-electron chi connectivity index (χ4n) is 4.92. The first-order chi connectivity index (χ1) is 15.4. The molecule has 1 aromatic rings. The van der Waals surface area contributed by atoms with Crippen LogP contribution in [0.5, 0.6) is 0 Å². The third-order valence-corrected chi connectivity index (χ3v) is 8.35. The van der Waals surface area contributed by atoms with Crippen molar-refractivity contribution in [2.24, 2.45) is 11.8 Å². The Bertz CT molecular complexity index is 831. The van der Waals surface area contributed by atoms with Crippen molar-refractivity contribution in [3.8, 4) is 0 Å². The monoisotopic (exact) mass is 468 g/mol. The Morgan fingerprint density at radius 1 is 0.938 bits per heavy atom. The van der Waals surface area contributed by atoms with E-state index in [1.54, 1.807) is 25.1 Å². The lowest BCUT2D eigenvalue weighted by Crippen LogP contribution is -2.33. The Hall–Kier alpha value is -1.03. The summed E-state index contributed by atoms with van der Waals surface area (Å²) in [5.74, 6) is -0.0471. The van der Waals surface area contributed by atoms with E-state index in [0.29, 0.717) is 18.6 Å². The molecular weight excluding hydrogens is 432 g/mol. The fourth-order valence-corrected chi connectivity index (χ4v) is 6.09. The van der Waals surface area contributed by atoms with Gasteiger partial charge in [0.1, 0.15) is 0 Å². The second-order valence-electron chi connectivity index (χ2n) is 9.20. The van der Waals surface area contributed by atoms with Gasteiger partial charge in [-0.25, -0.2) is 0 Å². The Morgan fingerprint density at radius 3 is 2.16 bits per heavy atom. The van der Waals surface area contributed by atoms with Gasteiger partial charge in [-0.05, 0) is 63.0 Å². The molecule has 3 aliphatic rings. The van der Waals surface area contributed by atoms with Crippen LogP contribution in [0, 0.1) is 18.8 Å². The van der Waals surface area contributed by atoms with Crippen molar-refractivity contribution in [2.45, 2.75) is 88.5 Å². The topological polar surface area (TPSA) is 80.3 Å². The van der Waals surface area contributed by atoms with Crippen LogP contribution in [0.2, 0.25) is 0 Å². The quantitative estimate of drug-likeness (QED) is 0.530. The lowest BCUT2D eigenvalue weighted by atomic mass is 9.96. The van der Waals surface area contributed by atoms with E-state index in [1.165, 1.54) is 0 Å². The third kappa shape index (κ3) is 5.90. The number of hydrogen-bond acceptors (Lipinski definition) is 7. The zero-order valence-corrected chi connectivity index (χ0v) is 19.9. The molecular formula is C24H36O7S. The first-order valence-corrected chi connectivity index (χ1v) is 13.3. The zero-order valence-electron chi connectivity index (χ0n) is 19.1. The van der Waals surface area contributed by atoms with Crippen molar-refractivity contribution < 1.29 is 31.5 Å². The molecule has 0 aromatic heterocycles.